The van der Waals surface area contributed by atoms with Crippen molar-refractivity contribution >= 4 is 49.3 Å². The molecule has 256 valence electrons. The molecule has 3 heteroatoms. The first-order chi connectivity index (χ1) is 27.3. The number of para-hydroxylation sites is 4. The second-order valence-electron chi connectivity index (χ2n) is 14.7. The average Bonchev–Trinajstić information content (AvgIpc) is 3.88. The van der Waals surface area contributed by atoms with Gasteiger partial charge in [0.25, 0.3) is 0 Å². The van der Waals surface area contributed by atoms with Gasteiger partial charge in [0, 0.05) is 27.4 Å². The van der Waals surface area contributed by atoms with Crippen LogP contribution in [0.1, 0.15) is 22.3 Å². The van der Waals surface area contributed by atoms with Crippen molar-refractivity contribution in [3.63, 3.8) is 0 Å². The summed E-state index contributed by atoms with van der Waals surface area (Å²) in [5.41, 5.74) is 17.6. The van der Waals surface area contributed by atoms with Crippen molar-refractivity contribution < 1.29 is 0 Å². The van der Waals surface area contributed by atoms with Crippen LogP contribution in [-0.2, 0) is 5.41 Å². The van der Waals surface area contributed by atoms with Crippen LogP contribution in [0, 0.1) is 0 Å². The Morgan fingerprint density at radius 2 is 1.02 bits per heavy atom. The van der Waals surface area contributed by atoms with Crippen LogP contribution in [0.15, 0.2) is 200 Å². The van der Waals surface area contributed by atoms with E-state index in [-0.39, 0.29) is 0 Å². The predicted octanol–water partition coefficient (Wildman–Crippen LogP) is 12.8. The Labute approximate surface area is 318 Å². The minimum atomic E-state index is -0.448. The van der Waals surface area contributed by atoms with Crippen molar-refractivity contribution in [2.24, 2.45) is 0 Å². The standard InChI is InChI=1S/C52H33N3/c1-3-15-35(16-4-1)52(36-17-5-2-6-18-36)43-22-10-7-19-38(43)41-32-49-42(31-44(41)52)39-20-8-12-24-46(39)54(49)37-29-27-34(28-30-37)51-40-21-9-13-25-47(40)55-48-26-14-11-23-45(48)53-33-50(51)55/h1-33H. The largest absolute Gasteiger partial charge is 0.309 e. The number of fused-ring (bicyclic) bond motifs is 11. The van der Waals surface area contributed by atoms with Crippen LogP contribution in [0.4, 0.5) is 0 Å². The molecule has 3 heterocycles. The highest BCUT2D eigenvalue weighted by atomic mass is 15.0. The van der Waals surface area contributed by atoms with Crippen molar-refractivity contribution in [1.82, 2.24) is 14.0 Å². The molecule has 55 heavy (non-hydrogen) atoms. The van der Waals surface area contributed by atoms with Crippen molar-refractivity contribution in [3.05, 3.63) is 223 Å². The van der Waals surface area contributed by atoms with Gasteiger partial charge in [0.1, 0.15) is 0 Å². The first kappa shape index (κ1) is 30.3. The molecule has 0 amide bonds. The molecule has 8 aromatic carbocycles. The van der Waals surface area contributed by atoms with Crippen LogP contribution in [0.3, 0.4) is 0 Å². The lowest BCUT2D eigenvalue weighted by atomic mass is 9.67. The highest BCUT2D eigenvalue weighted by Crippen LogP contribution is 2.57. The maximum Gasteiger partial charge on any atom is 0.0871 e. The van der Waals surface area contributed by atoms with Gasteiger partial charge in [-0.25, -0.2) is 0 Å². The quantitative estimate of drug-likeness (QED) is 0.179. The van der Waals surface area contributed by atoms with Crippen molar-refractivity contribution in [2.45, 2.75) is 5.41 Å². The molecule has 11 aromatic rings. The highest BCUT2D eigenvalue weighted by molar-refractivity contribution is 6.12. The minimum absolute atomic E-state index is 0.448. The number of benzene rings is 8. The van der Waals surface area contributed by atoms with Gasteiger partial charge in [0.15, 0.2) is 0 Å². The van der Waals surface area contributed by atoms with Gasteiger partial charge in [-0.3, -0.25) is 4.98 Å². The lowest BCUT2D eigenvalue weighted by Crippen LogP contribution is -2.28. The molecule has 1 aliphatic carbocycles. The van der Waals surface area contributed by atoms with E-state index in [0.717, 1.165) is 22.2 Å². The molecule has 0 saturated heterocycles. The molecule has 0 saturated carbocycles. The molecule has 0 atom stereocenters. The fourth-order valence-corrected chi connectivity index (χ4v) is 9.80. The molecule has 3 aromatic heterocycles. The maximum atomic E-state index is 4.89. The van der Waals surface area contributed by atoms with E-state index in [2.05, 4.69) is 203 Å². The molecule has 0 radical (unpaired) electrons. The van der Waals surface area contributed by atoms with E-state index in [1.54, 1.807) is 0 Å². The Morgan fingerprint density at radius 1 is 0.400 bits per heavy atom. The molecule has 3 nitrogen and oxygen atoms in total. The van der Waals surface area contributed by atoms with Gasteiger partial charge >= 0.3 is 0 Å². The Kier molecular flexibility index (Phi) is 6.26. The molecule has 1 aliphatic rings. The SMILES string of the molecule is c1ccc(C2(c3ccccc3)c3ccccc3-c3cc4c(cc32)c2ccccc2n4-c2ccc(-c3c4ccccc4n4c3cnc3ccccc34)cc2)cc1. The van der Waals surface area contributed by atoms with Gasteiger partial charge in [0.2, 0.25) is 0 Å². The zero-order chi connectivity index (χ0) is 36.1. The van der Waals surface area contributed by atoms with Gasteiger partial charge < -0.3 is 8.97 Å². The fraction of sp³-hybridized carbons (Fsp3) is 0.0192. The van der Waals surface area contributed by atoms with Crippen LogP contribution in [0.5, 0.6) is 0 Å². The maximum absolute atomic E-state index is 4.89. The fourth-order valence-electron chi connectivity index (χ4n) is 9.80. The van der Waals surface area contributed by atoms with Gasteiger partial charge in [-0.1, -0.05) is 146 Å². The Morgan fingerprint density at radius 3 is 1.78 bits per heavy atom. The van der Waals surface area contributed by atoms with E-state index in [1.807, 2.05) is 6.20 Å². The molecular formula is C52H33N3. The molecule has 0 aliphatic heterocycles. The van der Waals surface area contributed by atoms with Crippen LogP contribution in [0.25, 0.3) is 77.2 Å². The first-order valence-corrected chi connectivity index (χ1v) is 19.0. The number of rotatable bonds is 4. The second kappa shape index (κ2) is 11.4. The molecule has 0 N–H and O–H groups in total. The molecule has 0 fully saturated rings. The Hall–Kier alpha value is -7.23. The first-order valence-electron chi connectivity index (χ1n) is 19.0. The summed E-state index contributed by atoms with van der Waals surface area (Å²) in [5.74, 6) is 0. The lowest BCUT2D eigenvalue weighted by Gasteiger charge is -2.33. The van der Waals surface area contributed by atoms with Crippen molar-refractivity contribution in [2.75, 3.05) is 0 Å². The monoisotopic (exact) mass is 699 g/mol. The number of aromatic nitrogens is 3. The van der Waals surface area contributed by atoms with Crippen LogP contribution < -0.4 is 0 Å². The third kappa shape index (κ3) is 4.07. The summed E-state index contributed by atoms with van der Waals surface area (Å²) in [6.07, 6.45) is 2.03. The van der Waals surface area contributed by atoms with E-state index in [4.69, 9.17) is 4.98 Å². The molecule has 0 unspecified atom stereocenters. The van der Waals surface area contributed by atoms with Crippen LogP contribution >= 0.6 is 0 Å². The number of hydrogen-bond acceptors (Lipinski definition) is 1. The van der Waals surface area contributed by atoms with E-state index in [9.17, 15) is 0 Å². The predicted molar refractivity (Wildman–Crippen MR) is 227 cm³/mol. The summed E-state index contributed by atoms with van der Waals surface area (Å²) in [4.78, 5) is 4.89. The zero-order valence-corrected chi connectivity index (χ0v) is 29.9. The molecule has 12 rings (SSSR count). The van der Waals surface area contributed by atoms with Gasteiger partial charge in [-0.15, -0.1) is 0 Å². The third-order valence-electron chi connectivity index (χ3n) is 12.0. The highest BCUT2D eigenvalue weighted by Gasteiger charge is 2.46. The van der Waals surface area contributed by atoms with Gasteiger partial charge in [0.05, 0.1) is 44.7 Å². The van der Waals surface area contributed by atoms with E-state index >= 15 is 0 Å². The molecular weight excluding hydrogens is 667 g/mol. The summed E-state index contributed by atoms with van der Waals surface area (Å²) < 4.78 is 4.81. The summed E-state index contributed by atoms with van der Waals surface area (Å²) in [6.45, 7) is 0. The summed E-state index contributed by atoms with van der Waals surface area (Å²) in [5, 5.41) is 3.72. The summed E-state index contributed by atoms with van der Waals surface area (Å²) in [7, 11) is 0. The summed E-state index contributed by atoms with van der Waals surface area (Å²) >= 11 is 0. The van der Waals surface area contributed by atoms with Crippen molar-refractivity contribution in [1.29, 1.82) is 0 Å². The van der Waals surface area contributed by atoms with Crippen LogP contribution in [-0.4, -0.2) is 14.0 Å². The number of hydrogen-bond donors (Lipinski definition) is 0. The van der Waals surface area contributed by atoms with Crippen molar-refractivity contribution in [3.8, 4) is 27.9 Å². The topological polar surface area (TPSA) is 22.2 Å². The van der Waals surface area contributed by atoms with Gasteiger partial charge in [-0.2, -0.15) is 0 Å². The zero-order valence-electron chi connectivity index (χ0n) is 29.9. The van der Waals surface area contributed by atoms with Gasteiger partial charge in [-0.05, 0) is 87.5 Å². The normalized spacial score (nSPS) is 13.2. The average molecular weight is 700 g/mol. The number of nitrogens with zero attached hydrogens (tertiary/aromatic N) is 3. The lowest BCUT2D eigenvalue weighted by molar-refractivity contribution is 0.769. The summed E-state index contributed by atoms with van der Waals surface area (Å²) in [6, 6.07) is 71.2. The third-order valence-corrected chi connectivity index (χ3v) is 12.0. The van der Waals surface area contributed by atoms with E-state index in [0.29, 0.717) is 0 Å². The van der Waals surface area contributed by atoms with Crippen LogP contribution in [0.2, 0.25) is 0 Å². The van der Waals surface area contributed by atoms with E-state index < -0.39 is 5.41 Å². The van der Waals surface area contributed by atoms with E-state index in [1.165, 1.54) is 77.2 Å². The molecule has 0 spiro atoms. The Bertz CT molecular complexity index is 3260. The molecule has 0 bridgehead atoms. The smallest absolute Gasteiger partial charge is 0.0871 e. The second-order valence-corrected chi connectivity index (χ2v) is 14.7. The minimum Gasteiger partial charge on any atom is -0.309 e. The Balaban J connectivity index is 1.10.